The van der Waals surface area contributed by atoms with Crippen molar-refractivity contribution in [3.63, 3.8) is 0 Å². The first kappa shape index (κ1) is 15.4. The third-order valence-electron chi connectivity index (χ3n) is 3.30. The molecule has 2 aromatic carbocycles. The summed E-state index contributed by atoms with van der Waals surface area (Å²) in [6, 6.07) is 12.6. The quantitative estimate of drug-likeness (QED) is 0.859. The van der Waals surface area contributed by atoms with Gasteiger partial charge in [0.05, 0.1) is 0 Å². The Labute approximate surface area is 125 Å². The van der Waals surface area contributed by atoms with E-state index in [9.17, 15) is 14.7 Å². The molecule has 0 amide bonds. The number of carbonyl (C=O) groups is 2. The van der Waals surface area contributed by atoms with E-state index in [4.69, 9.17) is 0 Å². The molecule has 4 heteroatoms. The molecule has 3 nitrogen and oxygen atoms in total. The van der Waals surface area contributed by atoms with E-state index in [0.717, 1.165) is 16.7 Å². The molecule has 21 heavy (non-hydrogen) atoms. The monoisotopic (exact) mass is 300 g/mol. The van der Waals surface area contributed by atoms with Crippen LogP contribution in [0.5, 0.6) is 0 Å². The highest BCUT2D eigenvalue weighted by Gasteiger charge is 2.30. The van der Waals surface area contributed by atoms with E-state index >= 15 is 0 Å². The largest absolute Gasteiger partial charge is 0.478 e. The van der Waals surface area contributed by atoms with Gasteiger partial charge < -0.3 is 5.11 Å². The van der Waals surface area contributed by atoms with Crippen LogP contribution in [-0.4, -0.2) is 16.3 Å². The normalized spacial score (nSPS) is 12.0. The van der Waals surface area contributed by atoms with Gasteiger partial charge >= 0.3 is 5.71 Å². The molecule has 1 unspecified atom stereocenters. The topological polar surface area (TPSA) is 54.4 Å². The van der Waals surface area contributed by atoms with Gasteiger partial charge in [0.15, 0.2) is 0 Å². The highest BCUT2D eigenvalue weighted by atomic mass is 31.1. The van der Waals surface area contributed by atoms with Crippen molar-refractivity contribution in [1.82, 2.24) is 0 Å². The molecule has 0 aliphatic rings. The summed E-state index contributed by atoms with van der Waals surface area (Å²) in [5.74, 6) is 0. The number of rotatable bonds is 4. The van der Waals surface area contributed by atoms with Gasteiger partial charge in [-0.3, -0.25) is 4.79 Å². The standard InChI is InChI=1S/C17H17O3P/c1-11-9-12(2)15(13(3)10-11)16(18)21(17(19)20)14-7-5-4-6-8-14/h4-10H,1-3H3,(H,19,20). The molecule has 2 rings (SSSR count). The SMILES string of the molecule is Cc1cc(C)c(C(=O)P(C(=O)O)c2ccccc2)c(C)c1. The average Bonchev–Trinajstić information content (AvgIpc) is 2.38. The summed E-state index contributed by atoms with van der Waals surface area (Å²) in [7, 11) is -1.92. The Morgan fingerprint density at radius 2 is 1.48 bits per heavy atom. The second kappa shape index (κ2) is 6.19. The molecule has 0 aliphatic carbocycles. The number of carbonyl (C=O) groups excluding carboxylic acids is 1. The highest BCUT2D eigenvalue weighted by Crippen LogP contribution is 2.41. The van der Waals surface area contributed by atoms with E-state index in [0.29, 0.717) is 10.9 Å². The zero-order chi connectivity index (χ0) is 15.6. The molecule has 0 aliphatic heterocycles. The first-order valence-corrected chi connectivity index (χ1v) is 7.96. The zero-order valence-corrected chi connectivity index (χ0v) is 13.1. The van der Waals surface area contributed by atoms with Crippen molar-refractivity contribution in [2.45, 2.75) is 20.8 Å². The van der Waals surface area contributed by atoms with E-state index in [1.165, 1.54) is 0 Å². The minimum Gasteiger partial charge on any atom is -0.478 e. The lowest BCUT2D eigenvalue weighted by molar-refractivity contribution is 0.108. The van der Waals surface area contributed by atoms with Crippen molar-refractivity contribution in [3.8, 4) is 0 Å². The van der Waals surface area contributed by atoms with Crippen LogP contribution in [0.25, 0.3) is 0 Å². The molecular weight excluding hydrogens is 283 g/mol. The fourth-order valence-corrected chi connectivity index (χ4v) is 4.20. The van der Waals surface area contributed by atoms with Crippen LogP contribution in [-0.2, 0) is 0 Å². The van der Waals surface area contributed by atoms with Gasteiger partial charge in [0.2, 0.25) is 5.52 Å². The molecule has 1 atom stereocenters. The van der Waals surface area contributed by atoms with Gasteiger partial charge in [-0.15, -0.1) is 0 Å². The molecule has 0 aromatic heterocycles. The molecule has 0 fully saturated rings. The Balaban J connectivity index is 2.53. The summed E-state index contributed by atoms with van der Waals surface area (Å²) in [5, 5.41) is 10.1. The van der Waals surface area contributed by atoms with Crippen LogP contribution in [0.15, 0.2) is 42.5 Å². The maximum absolute atomic E-state index is 12.8. The van der Waals surface area contributed by atoms with Crippen molar-refractivity contribution >= 4 is 24.5 Å². The summed E-state index contributed by atoms with van der Waals surface area (Å²) in [5.41, 5.74) is 1.93. The van der Waals surface area contributed by atoms with Crippen molar-refractivity contribution in [2.75, 3.05) is 0 Å². The molecule has 2 aromatic rings. The molecule has 0 radical (unpaired) electrons. The molecule has 1 N–H and O–H groups in total. The number of hydrogen-bond donors (Lipinski definition) is 1. The van der Waals surface area contributed by atoms with Gasteiger partial charge in [-0.1, -0.05) is 48.0 Å². The van der Waals surface area contributed by atoms with E-state index in [1.807, 2.05) is 39.0 Å². The van der Waals surface area contributed by atoms with Gasteiger partial charge in [0.1, 0.15) is 7.92 Å². The van der Waals surface area contributed by atoms with Crippen LogP contribution < -0.4 is 5.30 Å². The minimum atomic E-state index is -1.92. The predicted octanol–water partition coefficient (Wildman–Crippen LogP) is 4.24. The summed E-state index contributed by atoms with van der Waals surface area (Å²) in [4.78, 5) is 24.4. The van der Waals surface area contributed by atoms with E-state index in [2.05, 4.69) is 0 Å². The third kappa shape index (κ3) is 3.20. The van der Waals surface area contributed by atoms with E-state index < -0.39 is 13.6 Å². The van der Waals surface area contributed by atoms with Gasteiger partial charge in [0.25, 0.3) is 0 Å². The predicted molar refractivity (Wildman–Crippen MR) is 86.0 cm³/mol. The number of hydrogen-bond acceptors (Lipinski definition) is 2. The minimum absolute atomic E-state index is 0.293. The van der Waals surface area contributed by atoms with Gasteiger partial charge in [0, 0.05) is 5.56 Å². The number of aryl methyl sites for hydroxylation is 3. The smallest absolute Gasteiger partial charge is 0.336 e. The van der Waals surface area contributed by atoms with Crippen molar-refractivity contribution in [2.24, 2.45) is 0 Å². The van der Waals surface area contributed by atoms with Crippen LogP contribution in [0.4, 0.5) is 4.79 Å². The van der Waals surface area contributed by atoms with E-state index in [-0.39, 0.29) is 5.52 Å². The molecule has 0 heterocycles. The first-order valence-electron chi connectivity index (χ1n) is 6.62. The second-order valence-corrected chi connectivity index (χ2v) is 7.01. The lowest BCUT2D eigenvalue weighted by Crippen LogP contribution is -2.16. The Morgan fingerprint density at radius 3 is 1.95 bits per heavy atom. The van der Waals surface area contributed by atoms with Gasteiger partial charge in [-0.2, -0.15) is 0 Å². The van der Waals surface area contributed by atoms with Crippen LogP contribution >= 0.6 is 7.92 Å². The van der Waals surface area contributed by atoms with Gasteiger partial charge in [-0.05, 0) is 37.2 Å². The fourth-order valence-electron chi connectivity index (χ4n) is 2.52. The third-order valence-corrected chi connectivity index (χ3v) is 5.13. The van der Waals surface area contributed by atoms with E-state index in [1.54, 1.807) is 24.3 Å². The van der Waals surface area contributed by atoms with Crippen molar-refractivity contribution in [1.29, 1.82) is 0 Å². The Kier molecular flexibility index (Phi) is 4.54. The van der Waals surface area contributed by atoms with Gasteiger partial charge in [-0.25, -0.2) is 4.79 Å². The molecule has 0 bridgehead atoms. The van der Waals surface area contributed by atoms with Crippen molar-refractivity contribution < 1.29 is 14.7 Å². The van der Waals surface area contributed by atoms with Crippen LogP contribution in [0.3, 0.4) is 0 Å². The number of benzene rings is 2. The number of carboxylic acid groups (broad SMARTS) is 1. The summed E-state index contributed by atoms with van der Waals surface area (Å²) in [6.07, 6.45) is 0. The summed E-state index contributed by atoms with van der Waals surface area (Å²) < 4.78 is 0. The maximum Gasteiger partial charge on any atom is 0.336 e. The lowest BCUT2D eigenvalue weighted by atomic mass is 10.0. The van der Waals surface area contributed by atoms with Crippen LogP contribution in [0, 0.1) is 20.8 Å². The molecule has 108 valence electrons. The highest BCUT2D eigenvalue weighted by molar-refractivity contribution is 7.95. The molecule has 0 spiro atoms. The average molecular weight is 300 g/mol. The molecule has 0 saturated heterocycles. The second-order valence-electron chi connectivity index (χ2n) is 5.03. The summed E-state index contributed by atoms with van der Waals surface area (Å²) >= 11 is 0. The lowest BCUT2D eigenvalue weighted by Gasteiger charge is -2.16. The maximum atomic E-state index is 12.8. The summed E-state index contributed by atoms with van der Waals surface area (Å²) in [6.45, 7) is 5.67. The zero-order valence-electron chi connectivity index (χ0n) is 12.3. The van der Waals surface area contributed by atoms with Crippen LogP contribution in [0.1, 0.15) is 27.0 Å². The van der Waals surface area contributed by atoms with Crippen molar-refractivity contribution in [3.05, 3.63) is 64.7 Å². The van der Waals surface area contributed by atoms with Crippen LogP contribution in [0.2, 0.25) is 0 Å². The Hall–Kier alpha value is -1.99. The first-order chi connectivity index (χ1) is 9.91. The fraction of sp³-hybridized carbons (Fsp3) is 0.176. The molecular formula is C17H17O3P. The Bertz CT molecular complexity index is 669. The molecule has 0 saturated carbocycles. The Morgan fingerprint density at radius 1 is 0.952 bits per heavy atom.